The molecule has 2 aromatic rings. The summed E-state index contributed by atoms with van der Waals surface area (Å²) in [5.74, 6) is 1.71. The molecule has 1 N–H and O–H groups in total. The SMILES string of the molecule is CC(C)CCc1ccccc1-c1ncc[nH]1. The van der Waals surface area contributed by atoms with Crippen molar-refractivity contribution in [3.63, 3.8) is 0 Å². The number of nitrogens with one attached hydrogen (secondary N) is 1. The molecule has 0 fully saturated rings. The molecule has 84 valence electrons. The fraction of sp³-hybridized carbons (Fsp3) is 0.357. The lowest BCUT2D eigenvalue weighted by Crippen LogP contribution is -1.95. The highest BCUT2D eigenvalue weighted by molar-refractivity contribution is 5.59. The summed E-state index contributed by atoms with van der Waals surface area (Å²) in [7, 11) is 0. The second-order valence-electron chi connectivity index (χ2n) is 4.53. The fourth-order valence-corrected chi connectivity index (χ4v) is 1.83. The lowest BCUT2D eigenvalue weighted by Gasteiger charge is -2.08. The van der Waals surface area contributed by atoms with Crippen molar-refractivity contribution in [2.75, 3.05) is 0 Å². The molecule has 0 amide bonds. The van der Waals surface area contributed by atoms with Gasteiger partial charge < -0.3 is 4.98 Å². The van der Waals surface area contributed by atoms with Gasteiger partial charge >= 0.3 is 0 Å². The van der Waals surface area contributed by atoms with E-state index in [4.69, 9.17) is 0 Å². The predicted molar refractivity (Wildman–Crippen MR) is 67.2 cm³/mol. The Morgan fingerprint density at radius 1 is 1.25 bits per heavy atom. The fourth-order valence-electron chi connectivity index (χ4n) is 1.83. The number of imidazole rings is 1. The van der Waals surface area contributed by atoms with E-state index in [1.54, 1.807) is 6.20 Å². The summed E-state index contributed by atoms with van der Waals surface area (Å²) >= 11 is 0. The van der Waals surface area contributed by atoms with Gasteiger partial charge in [0.2, 0.25) is 0 Å². The second kappa shape index (κ2) is 4.97. The highest BCUT2D eigenvalue weighted by Gasteiger charge is 2.06. The zero-order valence-electron chi connectivity index (χ0n) is 9.90. The van der Waals surface area contributed by atoms with E-state index >= 15 is 0 Å². The third-order valence-electron chi connectivity index (χ3n) is 2.76. The molecule has 0 aliphatic carbocycles. The Kier molecular flexibility index (Phi) is 3.40. The molecule has 16 heavy (non-hydrogen) atoms. The van der Waals surface area contributed by atoms with Crippen LogP contribution in [0, 0.1) is 5.92 Å². The number of H-pyrrole nitrogens is 1. The first-order valence-electron chi connectivity index (χ1n) is 5.85. The zero-order valence-corrected chi connectivity index (χ0v) is 9.90. The minimum absolute atomic E-state index is 0.740. The van der Waals surface area contributed by atoms with Gasteiger partial charge in [-0.3, -0.25) is 0 Å². The van der Waals surface area contributed by atoms with Gasteiger partial charge in [0.15, 0.2) is 0 Å². The molecule has 0 bridgehead atoms. The van der Waals surface area contributed by atoms with E-state index in [0.717, 1.165) is 18.2 Å². The molecule has 2 heteroatoms. The van der Waals surface area contributed by atoms with Gasteiger partial charge in [0.05, 0.1) is 0 Å². The van der Waals surface area contributed by atoms with E-state index < -0.39 is 0 Å². The molecule has 1 aromatic heterocycles. The first-order chi connectivity index (χ1) is 7.77. The number of rotatable bonds is 4. The van der Waals surface area contributed by atoms with E-state index in [0.29, 0.717) is 0 Å². The normalized spacial score (nSPS) is 10.9. The van der Waals surface area contributed by atoms with Crippen LogP contribution in [0.2, 0.25) is 0 Å². The number of hydrogen-bond donors (Lipinski definition) is 1. The molecule has 1 aromatic carbocycles. The van der Waals surface area contributed by atoms with Crippen LogP contribution >= 0.6 is 0 Å². The molecule has 0 unspecified atom stereocenters. The summed E-state index contributed by atoms with van der Waals surface area (Å²) in [4.78, 5) is 7.49. The Hall–Kier alpha value is -1.57. The molecular formula is C14H18N2. The standard InChI is InChI=1S/C14H18N2/c1-11(2)7-8-12-5-3-4-6-13(12)14-15-9-10-16-14/h3-6,9-11H,7-8H2,1-2H3,(H,15,16). The average Bonchev–Trinajstić information content (AvgIpc) is 2.80. The van der Waals surface area contributed by atoms with Crippen molar-refractivity contribution in [2.45, 2.75) is 26.7 Å². The Bertz CT molecular complexity index is 430. The summed E-state index contributed by atoms with van der Waals surface area (Å²) in [6.07, 6.45) is 6.01. The maximum atomic E-state index is 4.32. The molecule has 0 atom stereocenters. The second-order valence-corrected chi connectivity index (χ2v) is 4.53. The maximum Gasteiger partial charge on any atom is 0.137 e. The van der Waals surface area contributed by atoms with Gasteiger partial charge in [0.25, 0.3) is 0 Å². The summed E-state index contributed by atoms with van der Waals surface area (Å²) < 4.78 is 0. The van der Waals surface area contributed by atoms with Gasteiger partial charge in [-0.2, -0.15) is 0 Å². The van der Waals surface area contributed by atoms with Crippen LogP contribution in [-0.2, 0) is 6.42 Å². The third-order valence-corrected chi connectivity index (χ3v) is 2.76. The lowest BCUT2D eigenvalue weighted by atomic mass is 9.98. The lowest BCUT2D eigenvalue weighted by molar-refractivity contribution is 0.587. The molecule has 2 rings (SSSR count). The van der Waals surface area contributed by atoms with Crippen molar-refractivity contribution in [3.8, 4) is 11.4 Å². The van der Waals surface area contributed by atoms with Crippen molar-refractivity contribution >= 4 is 0 Å². The maximum absolute atomic E-state index is 4.32. The summed E-state index contributed by atoms with van der Waals surface area (Å²) in [5, 5.41) is 0. The van der Waals surface area contributed by atoms with E-state index in [1.165, 1.54) is 17.5 Å². The average molecular weight is 214 g/mol. The van der Waals surface area contributed by atoms with Crippen LogP contribution in [-0.4, -0.2) is 9.97 Å². The number of benzene rings is 1. The number of hydrogen-bond acceptors (Lipinski definition) is 1. The van der Waals surface area contributed by atoms with Crippen LogP contribution in [0.3, 0.4) is 0 Å². The van der Waals surface area contributed by atoms with Crippen LogP contribution in [0.1, 0.15) is 25.8 Å². The molecular weight excluding hydrogens is 196 g/mol. The highest BCUT2D eigenvalue weighted by Crippen LogP contribution is 2.22. The van der Waals surface area contributed by atoms with Crippen molar-refractivity contribution in [3.05, 3.63) is 42.2 Å². The van der Waals surface area contributed by atoms with E-state index in [-0.39, 0.29) is 0 Å². The smallest absolute Gasteiger partial charge is 0.137 e. The molecule has 0 radical (unpaired) electrons. The molecule has 2 nitrogen and oxygen atoms in total. The van der Waals surface area contributed by atoms with E-state index in [1.807, 2.05) is 6.20 Å². The first kappa shape index (κ1) is 10.9. The Labute approximate surface area is 96.7 Å². The number of aromatic amines is 1. The quantitative estimate of drug-likeness (QED) is 0.826. The Balaban J connectivity index is 2.24. The number of aromatic nitrogens is 2. The summed E-state index contributed by atoms with van der Waals surface area (Å²) in [5.41, 5.74) is 2.61. The minimum Gasteiger partial charge on any atom is -0.345 e. The number of nitrogens with zero attached hydrogens (tertiary/aromatic N) is 1. The van der Waals surface area contributed by atoms with Crippen LogP contribution in [0.25, 0.3) is 11.4 Å². The molecule has 0 saturated heterocycles. The van der Waals surface area contributed by atoms with Crippen molar-refractivity contribution in [1.29, 1.82) is 0 Å². The van der Waals surface area contributed by atoms with E-state index in [2.05, 4.69) is 48.1 Å². The van der Waals surface area contributed by atoms with Crippen LogP contribution < -0.4 is 0 Å². The monoisotopic (exact) mass is 214 g/mol. The Morgan fingerprint density at radius 2 is 2.06 bits per heavy atom. The van der Waals surface area contributed by atoms with Crippen LogP contribution in [0.4, 0.5) is 0 Å². The third kappa shape index (κ3) is 2.51. The van der Waals surface area contributed by atoms with Crippen molar-refractivity contribution in [1.82, 2.24) is 9.97 Å². The van der Waals surface area contributed by atoms with Crippen molar-refractivity contribution in [2.24, 2.45) is 5.92 Å². The summed E-state index contributed by atoms with van der Waals surface area (Å²) in [6.45, 7) is 4.52. The largest absolute Gasteiger partial charge is 0.345 e. The van der Waals surface area contributed by atoms with Gasteiger partial charge in [0, 0.05) is 18.0 Å². The van der Waals surface area contributed by atoms with Crippen LogP contribution in [0.15, 0.2) is 36.7 Å². The first-order valence-corrected chi connectivity index (χ1v) is 5.85. The minimum atomic E-state index is 0.740. The van der Waals surface area contributed by atoms with Gasteiger partial charge in [-0.05, 0) is 24.3 Å². The van der Waals surface area contributed by atoms with Crippen molar-refractivity contribution < 1.29 is 0 Å². The number of aryl methyl sites for hydroxylation is 1. The molecule has 0 saturated carbocycles. The summed E-state index contributed by atoms with van der Waals surface area (Å²) in [6, 6.07) is 8.49. The van der Waals surface area contributed by atoms with Gasteiger partial charge in [-0.15, -0.1) is 0 Å². The molecule has 0 aliphatic heterocycles. The van der Waals surface area contributed by atoms with E-state index in [9.17, 15) is 0 Å². The Morgan fingerprint density at radius 3 is 2.75 bits per heavy atom. The molecule has 1 heterocycles. The van der Waals surface area contributed by atoms with Gasteiger partial charge in [0.1, 0.15) is 5.82 Å². The predicted octanol–water partition coefficient (Wildman–Crippen LogP) is 3.67. The van der Waals surface area contributed by atoms with Gasteiger partial charge in [-0.1, -0.05) is 38.1 Å². The molecule has 0 aliphatic rings. The highest BCUT2D eigenvalue weighted by atomic mass is 14.9. The molecule has 0 spiro atoms. The van der Waals surface area contributed by atoms with Crippen LogP contribution in [0.5, 0.6) is 0 Å². The topological polar surface area (TPSA) is 28.7 Å². The van der Waals surface area contributed by atoms with Gasteiger partial charge in [-0.25, -0.2) is 4.98 Å². The zero-order chi connectivity index (χ0) is 11.4.